The first-order chi connectivity index (χ1) is 14.1. The van der Waals surface area contributed by atoms with Gasteiger partial charge < -0.3 is 29.0 Å². The van der Waals surface area contributed by atoms with E-state index in [2.05, 4.69) is 20.1 Å². The third kappa shape index (κ3) is 6.94. The first-order valence-electron chi connectivity index (χ1n) is 8.80. The van der Waals surface area contributed by atoms with E-state index in [4.69, 9.17) is 24.5 Å². The van der Waals surface area contributed by atoms with Gasteiger partial charge in [0.15, 0.2) is 18.3 Å². The van der Waals surface area contributed by atoms with Crippen molar-refractivity contribution >= 4 is 23.9 Å². The Hall–Kier alpha value is -3.31. The van der Waals surface area contributed by atoms with Crippen molar-refractivity contribution in [2.45, 2.75) is 51.2 Å². The first kappa shape index (κ1) is 24.7. The fraction of sp³-hybridized carbons (Fsp3) is 0.647. The normalized spacial score (nSPS) is 22.2. The minimum absolute atomic E-state index is 0.294. The third-order valence-corrected chi connectivity index (χ3v) is 3.97. The van der Waals surface area contributed by atoms with Gasteiger partial charge in [-0.15, -0.1) is 0 Å². The number of ether oxygens (including phenoxy) is 5. The van der Waals surface area contributed by atoms with Crippen molar-refractivity contribution in [3.8, 4) is 0 Å². The minimum atomic E-state index is -1.34. The van der Waals surface area contributed by atoms with Crippen molar-refractivity contribution < 1.29 is 42.9 Å². The number of carbonyl (C=O) groups excluding carboxylic acids is 4. The second-order valence-electron chi connectivity index (χ2n) is 6.14. The highest BCUT2D eigenvalue weighted by molar-refractivity contribution is 5.86. The number of rotatable bonds is 9. The van der Waals surface area contributed by atoms with Crippen molar-refractivity contribution in [2.24, 2.45) is 5.11 Å². The lowest BCUT2D eigenvalue weighted by Crippen LogP contribution is -2.59. The largest absolute Gasteiger partial charge is 0.478 e. The van der Waals surface area contributed by atoms with Crippen LogP contribution in [0.15, 0.2) is 16.9 Å². The van der Waals surface area contributed by atoms with Gasteiger partial charge in [-0.25, -0.2) is 4.79 Å². The summed E-state index contributed by atoms with van der Waals surface area (Å²) in [5, 5.41) is 6.50. The molecule has 0 bridgehead atoms. The van der Waals surface area contributed by atoms with Gasteiger partial charge in [0, 0.05) is 25.7 Å². The Balaban J connectivity index is 3.45. The van der Waals surface area contributed by atoms with Crippen LogP contribution in [0.1, 0.15) is 20.8 Å². The highest BCUT2D eigenvalue weighted by atomic mass is 16.6. The van der Waals surface area contributed by atoms with E-state index in [0.717, 1.165) is 27.9 Å². The average molecular weight is 428 g/mol. The smallest absolute Gasteiger partial charge is 0.372 e. The molecule has 0 amide bonds. The molecular formula is C17H24N4O9. The summed E-state index contributed by atoms with van der Waals surface area (Å²) in [6.07, 6.45) is -2.55. The highest BCUT2D eigenvalue weighted by Crippen LogP contribution is 2.28. The maximum absolute atomic E-state index is 12.0. The van der Waals surface area contributed by atoms with E-state index in [1.54, 1.807) is 0 Å². The van der Waals surface area contributed by atoms with Crippen LogP contribution in [0.2, 0.25) is 0 Å². The van der Waals surface area contributed by atoms with Crippen LogP contribution in [0.4, 0.5) is 0 Å². The molecular weight excluding hydrogens is 404 g/mol. The topological polar surface area (TPSA) is 175 Å². The molecule has 0 aromatic carbocycles. The second kappa shape index (κ2) is 11.6. The van der Waals surface area contributed by atoms with Gasteiger partial charge in [0.05, 0.1) is 19.2 Å². The quantitative estimate of drug-likeness (QED) is 0.175. The molecule has 5 unspecified atom stereocenters. The molecule has 0 aliphatic carbocycles. The van der Waals surface area contributed by atoms with Crippen LogP contribution in [-0.4, -0.2) is 75.0 Å². The Morgan fingerprint density at radius 1 is 1.20 bits per heavy atom. The van der Waals surface area contributed by atoms with Gasteiger partial charge in [0.1, 0.15) is 6.61 Å². The Morgan fingerprint density at radius 2 is 1.83 bits per heavy atom. The van der Waals surface area contributed by atoms with Gasteiger partial charge in [-0.3, -0.25) is 14.4 Å². The maximum Gasteiger partial charge on any atom is 0.372 e. The van der Waals surface area contributed by atoms with Crippen LogP contribution >= 0.6 is 0 Å². The molecule has 1 rings (SSSR count). The molecule has 0 aromatic heterocycles. The molecule has 166 valence electrons. The lowest BCUT2D eigenvalue weighted by molar-refractivity contribution is -0.187. The number of nitrogens with one attached hydrogen (secondary N) is 1. The van der Waals surface area contributed by atoms with Crippen LogP contribution in [-0.2, 0) is 42.9 Å². The van der Waals surface area contributed by atoms with Gasteiger partial charge in [0.2, 0.25) is 5.76 Å². The van der Waals surface area contributed by atoms with Crippen molar-refractivity contribution in [3.05, 3.63) is 22.3 Å². The fourth-order valence-electron chi connectivity index (χ4n) is 2.85. The standard InChI is InChI=1S/C17H24N4O9/c1-8(22)27-7-13(28-9(2)23)15(29-10(3)24)16-14(19-4)11(20-21-18)6-12(30-16)17(25)26-5/h6,11,13-16,19H,7H2,1-5H3. The molecule has 0 fully saturated rings. The van der Waals surface area contributed by atoms with Crippen LogP contribution in [0.25, 0.3) is 10.4 Å². The summed E-state index contributed by atoms with van der Waals surface area (Å²) < 4.78 is 25.8. The molecule has 13 nitrogen and oxygen atoms in total. The van der Waals surface area contributed by atoms with Crippen LogP contribution < -0.4 is 5.32 Å². The molecule has 30 heavy (non-hydrogen) atoms. The monoisotopic (exact) mass is 428 g/mol. The molecule has 0 spiro atoms. The zero-order valence-corrected chi connectivity index (χ0v) is 17.2. The first-order valence-corrected chi connectivity index (χ1v) is 8.80. The van der Waals surface area contributed by atoms with Crippen molar-refractivity contribution in [1.29, 1.82) is 0 Å². The van der Waals surface area contributed by atoms with Crippen molar-refractivity contribution in [2.75, 3.05) is 20.8 Å². The van der Waals surface area contributed by atoms with Crippen molar-refractivity contribution in [1.82, 2.24) is 5.32 Å². The molecule has 0 saturated carbocycles. The molecule has 5 atom stereocenters. The predicted molar refractivity (Wildman–Crippen MR) is 98.5 cm³/mol. The zero-order chi connectivity index (χ0) is 22.8. The summed E-state index contributed by atoms with van der Waals surface area (Å²) in [4.78, 5) is 49.4. The average Bonchev–Trinajstić information content (AvgIpc) is 2.67. The maximum atomic E-state index is 12.0. The SMILES string of the molecule is CNC1C(N=[N+]=[N-])C=C(C(=O)OC)OC1C(OC(C)=O)C(COC(C)=O)OC(C)=O. The van der Waals surface area contributed by atoms with Gasteiger partial charge in [0.25, 0.3) is 0 Å². The summed E-state index contributed by atoms with van der Waals surface area (Å²) in [7, 11) is 2.65. The van der Waals surface area contributed by atoms with E-state index in [9.17, 15) is 19.2 Å². The number of hydrogen-bond donors (Lipinski definition) is 1. The molecule has 1 N–H and O–H groups in total. The Morgan fingerprint density at radius 3 is 2.30 bits per heavy atom. The van der Waals surface area contributed by atoms with E-state index >= 15 is 0 Å². The summed E-state index contributed by atoms with van der Waals surface area (Å²) in [6.45, 7) is 2.93. The Kier molecular flexibility index (Phi) is 9.59. The summed E-state index contributed by atoms with van der Waals surface area (Å²) in [5.41, 5.74) is 8.89. The number of azide groups is 1. The summed E-state index contributed by atoms with van der Waals surface area (Å²) >= 11 is 0. The summed E-state index contributed by atoms with van der Waals surface area (Å²) in [5.74, 6) is -3.31. The molecule has 13 heteroatoms. The molecule has 1 aliphatic heterocycles. The second-order valence-corrected chi connectivity index (χ2v) is 6.14. The summed E-state index contributed by atoms with van der Waals surface area (Å²) in [6, 6.07) is -1.76. The Labute approximate surface area is 172 Å². The molecule has 0 aromatic rings. The van der Waals surface area contributed by atoms with Gasteiger partial charge in [-0.1, -0.05) is 5.11 Å². The van der Waals surface area contributed by atoms with Gasteiger partial charge in [-0.05, 0) is 18.7 Å². The Bertz CT molecular complexity index is 748. The lowest BCUT2D eigenvalue weighted by atomic mass is 9.92. The van der Waals surface area contributed by atoms with E-state index in [1.165, 1.54) is 13.1 Å². The van der Waals surface area contributed by atoms with E-state index < -0.39 is 60.9 Å². The van der Waals surface area contributed by atoms with Gasteiger partial charge in [-0.2, -0.15) is 0 Å². The predicted octanol–water partition coefficient (Wildman–Crippen LogP) is 0.135. The molecule has 0 saturated heterocycles. The number of carbonyl (C=O) groups is 4. The zero-order valence-electron chi connectivity index (χ0n) is 17.2. The molecule has 0 radical (unpaired) electrons. The van der Waals surface area contributed by atoms with Crippen molar-refractivity contribution in [3.63, 3.8) is 0 Å². The lowest BCUT2D eigenvalue weighted by Gasteiger charge is -2.40. The molecule has 1 aliphatic rings. The number of hydrogen-bond acceptors (Lipinski definition) is 11. The van der Waals surface area contributed by atoms with E-state index in [-0.39, 0.29) is 5.76 Å². The number of esters is 4. The minimum Gasteiger partial charge on any atom is -0.478 e. The van der Waals surface area contributed by atoms with E-state index in [0.29, 0.717) is 0 Å². The highest BCUT2D eigenvalue weighted by Gasteiger charge is 2.46. The van der Waals surface area contributed by atoms with Crippen LogP contribution in [0, 0.1) is 0 Å². The van der Waals surface area contributed by atoms with Crippen LogP contribution in [0.3, 0.4) is 0 Å². The number of methoxy groups -OCH3 is 1. The van der Waals surface area contributed by atoms with Crippen LogP contribution in [0.5, 0.6) is 0 Å². The van der Waals surface area contributed by atoms with E-state index in [1.807, 2.05) is 0 Å². The molecule has 1 heterocycles. The third-order valence-electron chi connectivity index (χ3n) is 3.97. The fourth-order valence-corrected chi connectivity index (χ4v) is 2.85. The van der Waals surface area contributed by atoms with Gasteiger partial charge >= 0.3 is 23.9 Å². The number of nitrogens with zero attached hydrogens (tertiary/aromatic N) is 3. The number of likely N-dealkylation sites (N-methyl/N-ethyl adjacent to an activating group) is 1.